The highest BCUT2D eigenvalue weighted by molar-refractivity contribution is 6.03. The Labute approximate surface area is 163 Å². The Kier molecular flexibility index (Phi) is 12.7. The Bertz CT molecular complexity index is 565. The van der Waals surface area contributed by atoms with E-state index >= 15 is 0 Å². The van der Waals surface area contributed by atoms with Crippen molar-refractivity contribution in [3.05, 3.63) is 48.0 Å². The summed E-state index contributed by atoms with van der Waals surface area (Å²) in [6, 6.07) is 6.65. The minimum Gasteiger partial charge on any atom is -0.462 e. The molecule has 0 aliphatic carbocycles. The second kappa shape index (κ2) is 15.0. The first-order valence-electron chi connectivity index (χ1n) is 10.2. The molecule has 0 aliphatic heterocycles. The van der Waals surface area contributed by atoms with Crippen molar-refractivity contribution in [2.75, 3.05) is 13.2 Å². The molecule has 4 nitrogen and oxygen atoms in total. The molecular weight excluding hydrogens is 340 g/mol. The molecule has 0 heterocycles. The maximum atomic E-state index is 12.3. The molecule has 4 heteroatoms. The third kappa shape index (κ3) is 9.97. The van der Waals surface area contributed by atoms with Crippen LogP contribution in [0.5, 0.6) is 0 Å². The molecule has 27 heavy (non-hydrogen) atoms. The van der Waals surface area contributed by atoms with Crippen LogP contribution in [0.1, 0.15) is 91.8 Å². The SMILES string of the molecule is C=CCCCOC(=O)c1ccccc1C(=O)OCCCCCCCCCC. The van der Waals surface area contributed by atoms with Crippen LogP contribution in [0, 0.1) is 0 Å². The molecule has 1 aromatic carbocycles. The summed E-state index contributed by atoms with van der Waals surface area (Å²) in [5, 5.41) is 0. The Morgan fingerprint density at radius 1 is 0.815 bits per heavy atom. The highest BCUT2D eigenvalue weighted by Gasteiger charge is 2.18. The summed E-state index contributed by atoms with van der Waals surface area (Å²) < 4.78 is 10.6. The van der Waals surface area contributed by atoms with Crippen molar-refractivity contribution in [1.29, 1.82) is 0 Å². The van der Waals surface area contributed by atoms with Gasteiger partial charge >= 0.3 is 11.9 Å². The van der Waals surface area contributed by atoms with Crippen LogP contribution in [0.25, 0.3) is 0 Å². The number of benzene rings is 1. The quantitative estimate of drug-likeness (QED) is 0.211. The third-order valence-electron chi connectivity index (χ3n) is 4.38. The van der Waals surface area contributed by atoms with Crippen molar-refractivity contribution in [2.24, 2.45) is 0 Å². The van der Waals surface area contributed by atoms with Crippen LogP contribution in [0.3, 0.4) is 0 Å². The maximum Gasteiger partial charge on any atom is 0.339 e. The molecular formula is C23H34O4. The lowest BCUT2D eigenvalue weighted by Crippen LogP contribution is -2.15. The highest BCUT2D eigenvalue weighted by atomic mass is 16.5. The van der Waals surface area contributed by atoms with Gasteiger partial charge in [-0.05, 0) is 31.4 Å². The molecule has 0 unspecified atom stereocenters. The van der Waals surface area contributed by atoms with Gasteiger partial charge in [-0.3, -0.25) is 0 Å². The molecule has 0 saturated carbocycles. The van der Waals surface area contributed by atoms with Crippen LogP contribution in [0.4, 0.5) is 0 Å². The number of hydrogen-bond donors (Lipinski definition) is 0. The van der Waals surface area contributed by atoms with E-state index in [1.165, 1.54) is 38.5 Å². The predicted octanol–water partition coefficient (Wildman–Crippen LogP) is 6.11. The van der Waals surface area contributed by atoms with Crippen molar-refractivity contribution < 1.29 is 19.1 Å². The number of ether oxygens (including phenoxy) is 2. The first kappa shape index (κ1) is 22.9. The number of carbonyl (C=O) groups excluding carboxylic acids is 2. The smallest absolute Gasteiger partial charge is 0.339 e. The fourth-order valence-corrected chi connectivity index (χ4v) is 2.79. The summed E-state index contributed by atoms with van der Waals surface area (Å²) >= 11 is 0. The second-order valence-corrected chi connectivity index (χ2v) is 6.72. The van der Waals surface area contributed by atoms with E-state index in [1.54, 1.807) is 30.3 Å². The number of unbranched alkanes of at least 4 members (excludes halogenated alkanes) is 8. The molecule has 1 rings (SSSR count). The average molecular weight is 375 g/mol. The fraction of sp³-hybridized carbons (Fsp3) is 0.565. The van der Waals surface area contributed by atoms with Gasteiger partial charge in [0.05, 0.1) is 24.3 Å². The first-order chi connectivity index (χ1) is 13.2. The molecule has 150 valence electrons. The fourth-order valence-electron chi connectivity index (χ4n) is 2.79. The zero-order chi connectivity index (χ0) is 19.7. The van der Waals surface area contributed by atoms with E-state index in [2.05, 4.69) is 13.5 Å². The highest BCUT2D eigenvalue weighted by Crippen LogP contribution is 2.13. The van der Waals surface area contributed by atoms with Crippen LogP contribution in [0.2, 0.25) is 0 Å². The van der Waals surface area contributed by atoms with Gasteiger partial charge in [-0.2, -0.15) is 0 Å². The minimum atomic E-state index is -0.487. The molecule has 0 aromatic heterocycles. The zero-order valence-electron chi connectivity index (χ0n) is 16.7. The second-order valence-electron chi connectivity index (χ2n) is 6.72. The topological polar surface area (TPSA) is 52.6 Å². The van der Waals surface area contributed by atoms with Crippen LogP contribution in [-0.4, -0.2) is 25.2 Å². The first-order valence-corrected chi connectivity index (χ1v) is 10.2. The largest absolute Gasteiger partial charge is 0.462 e. The maximum absolute atomic E-state index is 12.3. The normalized spacial score (nSPS) is 10.4. The van der Waals surface area contributed by atoms with Crippen LogP contribution in [-0.2, 0) is 9.47 Å². The number of esters is 2. The van der Waals surface area contributed by atoms with Gasteiger partial charge in [0, 0.05) is 0 Å². The van der Waals surface area contributed by atoms with Gasteiger partial charge in [0.25, 0.3) is 0 Å². The third-order valence-corrected chi connectivity index (χ3v) is 4.38. The van der Waals surface area contributed by atoms with Gasteiger partial charge < -0.3 is 9.47 Å². The summed E-state index contributed by atoms with van der Waals surface area (Å²) in [4.78, 5) is 24.5. The average Bonchev–Trinajstić information content (AvgIpc) is 2.69. The molecule has 1 aromatic rings. The molecule has 0 amide bonds. The summed E-state index contributed by atoms with van der Waals surface area (Å²) in [7, 11) is 0. The molecule has 0 fully saturated rings. The summed E-state index contributed by atoms with van der Waals surface area (Å²) in [5.41, 5.74) is 0.530. The Morgan fingerprint density at radius 2 is 1.30 bits per heavy atom. The van der Waals surface area contributed by atoms with Crippen LogP contribution < -0.4 is 0 Å². The predicted molar refractivity (Wildman–Crippen MR) is 109 cm³/mol. The summed E-state index contributed by atoms with van der Waals surface area (Å²) in [5.74, 6) is -0.949. The van der Waals surface area contributed by atoms with E-state index < -0.39 is 11.9 Å². The van der Waals surface area contributed by atoms with E-state index in [0.29, 0.717) is 13.2 Å². The molecule has 0 bridgehead atoms. The molecule has 0 atom stereocenters. The molecule has 0 saturated heterocycles. The lowest BCUT2D eigenvalue weighted by molar-refractivity contribution is 0.0452. The van der Waals surface area contributed by atoms with E-state index in [1.807, 2.05) is 0 Å². The number of hydrogen-bond acceptors (Lipinski definition) is 4. The Hall–Kier alpha value is -2.10. The van der Waals surface area contributed by atoms with Crippen molar-refractivity contribution in [2.45, 2.75) is 71.1 Å². The monoisotopic (exact) mass is 374 g/mol. The molecule has 0 N–H and O–H groups in total. The summed E-state index contributed by atoms with van der Waals surface area (Å²) in [6.45, 7) is 6.55. The molecule has 0 spiro atoms. The Morgan fingerprint density at radius 3 is 1.81 bits per heavy atom. The van der Waals surface area contributed by atoms with Gasteiger partial charge in [-0.1, -0.05) is 70.1 Å². The van der Waals surface area contributed by atoms with Crippen molar-refractivity contribution >= 4 is 11.9 Å². The van der Waals surface area contributed by atoms with Gasteiger partial charge in [-0.25, -0.2) is 9.59 Å². The number of rotatable bonds is 15. The van der Waals surface area contributed by atoms with E-state index in [4.69, 9.17) is 9.47 Å². The van der Waals surface area contributed by atoms with Crippen LogP contribution in [0.15, 0.2) is 36.9 Å². The van der Waals surface area contributed by atoms with E-state index in [0.717, 1.165) is 25.7 Å². The lowest BCUT2D eigenvalue weighted by Gasteiger charge is -2.09. The van der Waals surface area contributed by atoms with Gasteiger partial charge in [0.2, 0.25) is 0 Å². The number of allylic oxidation sites excluding steroid dienone is 1. The van der Waals surface area contributed by atoms with Crippen molar-refractivity contribution in [1.82, 2.24) is 0 Å². The lowest BCUT2D eigenvalue weighted by atomic mass is 10.1. The van der Waals surface area contributed by atoms with Gasteiger partial charge in [-0.15, -0.1) is 6.58 Å². The Balaban J connectivity index is 2.33. The summed E-state index contributed by atoms with van der Waals surface area (Å²) in [6.07, 6.45) is 12.8. The van der Waals surface area contributed by atoms with E-state index in [9.17, 15) is 9.59 Å². The van der Waals surface area contributed by atoms with Gasteiger partial charge in [0.15, 0.2) is 0 Å². The number of carbonyl (C=O) groups is 2. The molecule has 0 radical (unpaired) electrons. The van der Waals surface area contributed by atoms with Crippen molar-refractivity contribution in [3.8, 4) is 0 Å². The standard InChI is InChI=1S/C23H34O4/c1-3-5-7-8-9-10-11-15-19-27-23(25)21-17-13-12-16-20(21)22(24)26-18-14-6-4-2/h4,12-13,16-17H,2-3,5-11,14-15,18-19H2,1H3. The van der Waals surface area contributed by atoms with E-state index in [-0.39, 0.29) is 11.1 Å². The van der Waals surface area contributed by atoms with Crippen molar-refractivity contribution in [3.63, 3.8) is 0 Å². The van der Waals surface area contributed by atoms with Crippen LogP contribution >= 0.6 is 0 Å². The minimum absolute atomic E-state index is 0.261. The van der Waals surface area contributed by atoms with Gasteiger partial charge in [0.1, 0.15) is 0 Å². The molecule has 0 aliphatic rings. The zero-order valence-corrected chi connectivity index (χ0v) is 16.7.